The van der Waals surface area contributed by atoms with Crippen molar-refractivity contribution in [2.24, 2.45) is 5.92 Å². The summed E-state index contributed by atoms with van der Waals surface area (Å²) in [6.45, 7) is 0. The number of carbonyl (C=O) groups is 2. The monoisotopic (exact) mass is 382 g/mol. The van der Waals surface area contributed by atoms with Crippen LogP contribution in [0.25, 0.3) is 5.69 Å². The van der Waals surface area contributed by atoms with E-state index in [1.807, 2.05) is 0 Å². The summed E-state index contributed by atoms with van der Waals surface area (Å²) in [5.74, 6) is -1.72. The van der Waals surface area contributed by atoms with E-state index in [0.29, 0.717) is 11.4 Å². The number of hydrogen-bond donors (Lipinski definition) is 2. The third-order valence-electron chi connectivity index (χ3n) is 4.34. The number of halogens is 2. The molecule has 28 heavy (non-hydrogen) atoms. The van der Waals surface area contributed by atoms with Gasteiger partial charge in [0.1, 0.15) is 11.6 Å². The van der Waals surface area contributed by atoms with Crippen molar-refractivity contribution in [3.8, 4) is 5.69 Å². The molecule has 0 radical (unpaired) electrons. The Balaban J connectivity index is 1.47. The molecule has 4 rings (SSSR count). The molecular formula is C20H16F2N4O2. The SMILES string of the molecule is O=C(Nc1ccc(F)c(NC(=O)C2CC2)c1)c1ccn(-c2ccc(F)cc2)n1. The number of nitrogens with zero attached hydrogens (tertiary/aromatic N) is 2. The average Bonchev–Trinajstić information content (AvgIpc) is 3.42. The first-order valence-electron chi connectivity index (χ1n) is 8.73. The summed E-state index contributed by atoms with van der Waals surface area (Å²) < 4.78 is 28.4. The van der Waals surface area contributed by atoms with Crippen molar-refractivity contribution in [1.82, 2.24) is 9.78 Å². The van der Waals surface area contributed by atoms with Crippen LogP contribution in [0.15, 0.2) is 54.7 Å². The molecule has 2 N–H and O–H groups in total. The Labute approximate surface area is 159 Å². The van der Waals surface area contributed by atoms with Crippen molar-refractivity contribution < 1.29 is 18.4 Å². The fraction of sp³-hybridized carbons (Fsp3) is 0.150. The molecule has 1 aliphatic rings. The summed E-state index contributed by atoms with van der Waals surface area (Å²) in [5, 5.41) is 9.33. The molecule has 1 aliphatic carbocycles. The van der Waals surface area contributed by atoms with Gasteiger partial charge in [-0.1, -0.05) is 0 Å². The lowest BCUT2D eigenvalue weighted by molar-refractivity contribution is -0.117. The maximum atomic E-state index is 13.9. The molecule has 3 aromatic rings. The summed E-state index contributed by atoms with van der Waals surface area (Å²) in [6.07, 6.45) is 3.19. The standard InChI is InChI=1S/C20H16F2N4O2/c21-13-3-6-15(7-4-13)26-10-9-17(25-26)20(28)23-14-5-8-16(22)18(11-14)24-19(27)12-1-2-12/h3-12H,1-2H2,(H,23,28)(H,24,27). The molecule has 0 bridgehead atoms. The van der Waals surface area contributed by atoms with E-state index in [1.54, 1.807) is 18.3 Å². The number of carbonyl (C=O) groups excluding carboxylic acids is 2. The van der Waals surface area contributed by atoms with Gasteiger partial charge in [-0.3, -0.25) is 9.59 Å². The fourth-order valence-electron chi connectivity index (χ4n) is 2.66. The van der Waals surface area contributed by atoms with E-state index in [1.165, 1.54) is 41.1 Å². The summed E-state index contributed by atoms with van der Waals surface area (Å²) >= 11 is 0. The van der Waals surface area contributed by atoms with Gasteiger partial charge in [0.2, 0.25) is 5.91 Å². The molecule has 0 aliphatic heterocycles. The van der Waals surface area contributed by atoms with Crippen LogP contribution in [-0.4, -0.2) is 21.6 Å². The summed E-state index contributed by atoms with van der Waals surface area (Å²) in [7, 11) is 0. The quantitative estimate of drug-likeness (QED) is 0.706. The van der Waals surface area contributed by atoms with Crippen LogP contribution in [0.4, 0.5) is 20.2 Å². The molecule has 0 atom stereocenters. The highest BCUT2D eigenvalue weighted by Crippen LogP contribution is 2.31. The Kier molecular flexibility index (Phi) is 4.60. The zero-order valence-corrected chi connectivity index (χ0v) is 14.7. The molecule has 142 valence electrons. The van der Waals surface area contributed by atoms with Crippen LogP contribution in [0.1, 0.15) is 23.3 Å². The van der Waals surface area contributed by atoms with Crippen molar-refractivity contribution in [2.75, 3.05) is 10.6 Å². The minimum absolute atomic E-state index is 0.0199. The Bertz CT molecular complexity index is 1040. The summed E-state index contributed by atoms with van der Waals surface area (Å²) in [5.41, 5.74) is 1.09. The number of aromatic nitrogens is 2. The highest BCUT2D eigenvalue weighted by molar-refractivity contribution is 6.03. The molecule has 1 aromatic heterocycles. The molecule has 6 nitrogen and oxygen atoms in total. The number of nitrogens with one attached hydrogen (secondary N) is 2. The first-order valence-corrected chi connectivity index (χ1v) is 8.73. The minimum Gasteiger partial charge on any atom is -0.323 e. The fourth-order valence-corrected chi connectivity index (χ4v) is 2.66. The van der Waals surface area contributed by atoms with Gasteiger partial charge in [0.25, 0.3) is 5.91 Å². The van der Waals surface area contributed by atoms with Gasteiger partial charge >= 0.3 is 0 Å². The lowest BCUT2D eigenvalue weighted by Gasteiger charge is -2.09. The Hall–Kier alpha value is -3.55. The molecular weight excluding hydrogens is 366 g/mol. The van der Waals surface area contributed by atoms with E-state index >= 15 is 0 Å². The third kappa shape index (κ3) is 3.90. The second-order valence-electron chi connectivity index (χ2n) is 6.53. The van der Waals surface area contributed by atoms with Crippen LogP contribution < -0.4 is 10.6 Å². The molecule has 2 aromatic carbocycles. The van der Waals surface area contributed by atoms with Gasteiger partial charge in [-0.15, -0.1) is 0 Å². The van der Waals surface area contributed by atoms with E-state index in [9.17, 15) is 18.4 Å². The van der Waals surface area contributed by atoms with Crippen LogP contribution in [0, 0.1) is 17.6 Å². The van der Waals surface area contributed by atoms with Gasteiger partial charge in [0, 0.05) is 17.8 Å². The van der Waals surface area contributed by atoms with E-state index in [2.05, 4.69) is 15.7 Å². The van der Waals surface area contributed by atoms with Gasteiger partial charge < -0.3 is 10.6 Å². The molecule has 0 saturated heterocycles. The van der Waals surface area contributed by atoms with Gasteiger partial charge in [-0.25, -0.2) is 13.5 Å². The molecule has 0 spiro atoms. The third-order valence-corrected chi connectivity index (χ3v) is 4.34. The lowest BCUT2D eigenvalue weighted by atomic mass is 10.2. The summed E-state index contributed by atoms with van der Waals surface area (Å²) in [4.78, 5) is 24.3. The van der Waals surface area contributed by atoms with Crippen molar-refractivity contribution in [1.29, 1.82) is 0 Å². The molecule has 8 heteroatoms. The van der Waals surface area contributed by atoms with E-state index < -0.39 is 11.7 Å². The van der Waals surface area contributed by atoms with E-state index in [-0.39, 0.29) is 29.0 Å². The second kappa shape index (κ2) is 7.22. The smallest absolute Gasteiger partial charge is 0.276 e. The Morgan fingerprint density at radius 2 is 1.75 bits per heavy atom. The maximum Gasteiger partial charge on any atom is 0.276 e. The molecule has 0 unspecified atom stereocenters. The van der Waals surface area contributed by atoms with Gasteiger partial charge in [-0.2, -0.15) is 5.10 Å². The maximum absolute atomic E-state index is 13.9. The zero-order valence-electron chi connectivity index (χ0n) is 14.7. The lowest BCUT2D eigenvalue weighted by Crippen LogP contribution is -2.16. The number of benzene rings is 2. The van der Waals surface area contributed by atoms with Gasteiger partial charge in [0.15, 0.2) is 5.69 Å². The average molecular weight is 382 g/mol. The van der Waals surface area contributed by atoms with Gasteiger partial charge in [-0.05, 0) is 61.4 Å². The van der Waals surface area contributed by atoms with Crippen molar-refractivity contribution in [2.45, 2.75) is 12.8 Å². The molecule has 1 heterocycles. The van der Waals surface area contributed by atoms with E-state index in [0.717, 1.165) is 12.8 Å². The van der Waals surface area contributed by atoms with Crippen molar-refractivity contribution in [3.05, 3.63) is 72.1 Å². The minimum atomic E-state index is -0.576. The van der Waals surface area contributed by atoms with Crippen LogP contribution in [0.2, 0.25) is 0 Å². The van der Waals surface area contributed by atoms with Crippen LogP contribution in [0.5, 0.6) is 0 Å². The largest absolute Gasteiger partial charge is 0.323 e. The predicted octanol–water partition coefficient (Wildman–Crippen LogP) is 3.75. The normalized spacial score (nSPS) is 13.2. The summed E-state index contributed by atoms with van der Waals surface area (Å²) in [6, 6.07) is 11.1. The van der Waals surface area contributed by atoms with Crippen LogP contribution in [-0.2, 0) is 4.79 Å². The van der Waals surface area contributed by atoms with Crippen LogP contribution in [0.3, 0.4) is 0 Å². The Morgan fingerprint density at radius 3 is 2.46 bits per heavy atom. The van der Waals surface area contributed by atoms with Crippen molar-refractivity contribution >= 4 is 23.2 Å². The first-order chi connectivity index (χ1) is 13.5. The van der Waals surface area contributed by atoms with Crippen LogP contribution >= 0.6 is 0 Å². The highest BCUT2D eigenvalue weighted by Gasteiger charge is 2.30. The number of amides is 2. The Morgan fingerprint density at radius 1 is 1.00 bits per heavy atom. The topological polar surface area (TPSA) is 76.0 Å². The molecule has 1 saturated carbocycles. The van der Waals surface area contributed by atoms with Crippen molar-refractivity contribution in [3.63, 3.8) is 0 Å². The van der Waals surface area contributed by atoms with E-state index in [4.69, 9.17) is 0 Å². The predicted molar refractivity (Wildman–Crippen MR) is 99.2 cm³/mol. The zero-order chi connectivity index (χ0) is 19.7. The molecule has 2 amide bonds. The highest BCUT2D eigenvalue weighted by atomic mass is 19.1. The number of hydrogen-bond acceptors (Lipinski definition) is 3. The molecule has 1 fully saturated rings. The van der Waals surface area contributed by atoms with Gasteiger partial charge in [0.05, 0.1) is 11.4 Å². The number of rotatable bonds is 5. The number of anilines is 2. The first kappa shape index (κ1) is 17.8. The second-order valence-corrected chi connectivity index (χ2v) is 6.53.